The van der Waals surface area contributed by atoms with Gasteiger partial charge in [0.15, 0.2) is 0 Å². The number of nitrogens with zero attached hydrogens (tertiary/aromatic N) is 1. The maximum Gasteiger partial charge on any atom is 0.416 e. The zero-order valence-corrected chi connectivity index (χ0v) is 19.3. The number of carbonyl (C=O) groups excluding carboxylic acids is 2. The number of carbonyl (C=O) groups is 2. The molecule has 2 aromatic carbocycles. The molecule has 2 fully saturated rings. The van der Waals surface area contributed by atoms with Gasteiger partial charge in [-0.3, -0.25) is 9.59 Å². The first-order valence-corrected chi connectivity index (χ1v) is 11.6. The van der Waals surface area contributed by atoms with Crippen LogP contribution in [0.5, 0.6) is 0 Å². The van der Waals surface area contributed by atoms with Crippen molar-refractivity contribution >= 4 is 17.5 Å². The zero-order chi connectivity index (χ0) is 24.5. The molecule has 4 rings (SSSR count). The molecule has 34 heavy (non-hydrogen) atoms. The summed E-state index contributed by atoms with van der Waals surface area (Å²) in [6.45, 7) is 4.77. The van der Waals surface area contributed by atoms with E-state index in [1.165, 1.54) is 12.1 Å². The van der Waals surface area contributed by atoms with Crippen molar-refractivity contribution in [3.05, 3.63) is 64.7 Å². The number of nitrogens with one attached hydrogen (secondary N) is 1. The minimum Gasteiger partial charge on any atom is -0.376 e. The Labute approximate surface area is 197 Å². The molecule has 1 aliphatic heterocycles. The van der Waals surface area contributed by atoms with E-state index >= 15 is 0 Å². The summed E-state index contributed by atoms with van der Waals surface area (Å²) in [5, 5.41) is 2.90. The van der Waals surface area contributed by atoms with E-state index in [0.29, 0.717) is 30.8 Å². The van der Waals surface area contributed by atoms with Crippen molar-refractivity contribution < 1.29 is 27.5 Å². The van der Waals surface area contributed by atoms with Crippen LogP contribution in [0.25, 0.3) is 0 Å². The van der Waals surface area contributed by atoms with E-state index < -0.39 is 11.7 Å². The Balaban J connectivity index is 1.43. The van der Waals surface area contributed by atoms with Crippen LogP contribution in [0.15, 0.2) is 42.5 Å². The Hall–Kier alpha value is -2.87. The molecule has 8 heteroatoms. The Morgan fingerprint density at radius 2 is 1.85 bits per heavy atom. The topological polar surface area (TPSA) is 58.6 Å². The number of aryl methyl sites for hydroxylation is 1. The van der Waals surface area contributed by atoms with E-state index in [0.717, 1.165) is 36.1 Å². The molecule has 1 aliphatic carbocycles. The van der Waals surface area contributed by atoms with Gasteiger partial charge in [-0.05, 0) is 73.9 Å². The van der Waals surface area contributed by atoms with Gasteiger partial charge < -0.3 is 15.0 Å². The van der Waals surface area contributed by atoms with Gasteiger partial charge in [-0.15, -0.1) is 0 Å². The molecule has 1 N–H and O–H groups in total. The van der Waals surface area contributed by atoms with Gasteiger partial charge in [0.25, 0.3) is 0 Å². The standard InChI is InChI=1S/C26H29F3N2O3/c1-16-5-3-7-23(17(16)2)30-24(32)15-31(14-20-6-4-12-34-20)25(33)22-13-21(22)18-8-10-19(11-9-18)26(27,28)29/h3,5,7-11,20-22H,4,6,12-15H2,1-2H3,(H,30,32). The van der Waals surface area contributed by atoms with Crippen LogP contribution in [0.3, 0.4) is 0 Å². The highest BCUT2D eigenvalue weighted by Gasteiger charge is 2.46. The smallest absolute Gasteiger partial charge is 0.376 e. The van der Waals surface area contributed by atoms with Crippen molar-refractivity contribution in [2.45, 2.75) is 51.3 Å². The third-order valence-corrected chi connectivity index (χ3v) is 6.75. The lowest BCUT2D eigenvalue weighted by Gasteiger charge is -2.25. The normalized spacial score (nSPS) is 21.9. The summed E-state index contributed by atoms with van der Waals surface area (Å²) in [5.74, 6) is -0.918. The van der Waals surface area contributed by atoms with Crippen molar-refractivity contribution in [3.63, 3.8) is 0 Å². The number of benzene rings is 2. The quantitative estimate of drug-likeness (QED) is 0.610. The molecule has 182 valence electrons. The molecule has 1 saturated heterocycles. The van der Waals surface area contributed by atoms with E-state index in [9.17, 15) is 22.8 Å². The second-order valence-electron chi connectivity index (χ2n) is 9.22. The van der Waals surface area contributed by atoms with Gasteiger partial charge in [0.05, 0.1) is 18.2 Å². The molecular formula is C26H29F3N2O3. The minimum atomic E-state index is -4.39. The predicted molar refractivity (Wildman–Crippen MR) is 122 cm³/mol. The van der Waals surface area contributed by atoms with E-state index in [-0.39, 0.29) is 36.3 Å². The molecule has 1 saturated carbocycles. The fourth-order valence-corrected chi connectivity index (χ4v) is 4.51. The number of rotatable bonds is 7. The largest absolute Gasteiger partial charge is 0.416 e. The molecule has 0 spiro atoms. The third-order valence-electron chi connectivity index (χ3n) is 6.75. The molecular weight excluding hydrogens is 445 g/mol. The fourth-order valence-electron chi connectivity index (χ4n) is 4.51. The van der Waals surface area contributed by atoms with Gasteiger partial charge in [-0.25, -0.2) is 0 Å². The van der Waals surface area contributed by atoms with Crippen LogP contribution in [-0.4, -0.2) is 42.5 Å². The average Bonchev–Trinajstić information content (AvgIpc) is 3.43. The van der Waals surface area contributed by atoms with Crippen LogP contribution < -0.4 is 5.32 Å². The van der Waals surface area contributed by atoms with E-state index in [1.54, 1.807) is 4.90 Å². The summed E-state index contributed by atoms with van der Waals surface area (Å²) in [6, 6.07) is 10.7. The van der Waals surface area contributed by atoms with Crippen LogP contribution in [0.2, 0.25) is 0 Å². The zero-order valence-electron chi connectivity index (χ0n) is 19.3. The van der Waals surface area contributed by atoms with Crippen LogP contribution >= 0.6 is 0 Å². The van der Waals surface area contributed by atoms with Gasteiger partial charge in [0.1, 0.15) is 0 Å². The maximum absolute atomic E-state index is 13.3. The van der Waals surface area contributed by atoms with Crippen LogP contribution in [-0.2, 0) is 20.5 Å². The number of ether oxygens (including phenoxy) is 1. The first-order valence-electron chi connectivity index (χ1n) is 11.6. The minimum absolute atomic E-state index is 0.0949. The first-order chi connectivity index (χ1) is 16.1. The Morgan fingerprint density at radius 1 is 1.12 bits per heavy atom. The van der Waals surface area contributed by atoms with Crippen LogP contribution in [0, 0.1) is 19.8 Å². The lowest BCUT2D eigenvalue weighted by molar-refractivity contribution is -0.138. The average molecular weight is 475 g/mol. The molecule has 2 amide bonds. The number of halogens is 3. The van der Waals surface area contributed by atoms with Gasteiger partial charge >= 0.3 is 6.18 Å². The number of alkyl halides is 3. The van der Waals surface area contributed by atoms with Gasteiger partial charge in [0, 0.05) is 24.8 Å². The first kappa shape index (κ1) is 24.3. The Morgan fingerprint density at radius 3 is 2.50 bits per heavy atom. The Bertz CT molecular complexity index is 1050. The summed E-state index contributed by atoms with van der Waals surface area (Å²) >= 11 is 0. The van der Waals surface area contributed by atoms with Crippen molar-refractivity contribution in [1.29, 1.82) is 0 Å². The molecule has 1 heterocycles. The van der Waals surface area contributed by atoms with Crippen molar-refractivity contribution in [3.8, 4) is 0 Å². The van der Waals surface area contributed by atoms with Crippen molar-refractivity contribution in [1.82, 2.24) is 4.90 Å². The van der Waals surface area contributed by atoms with E-state index in [4.69, 9.17) is 4.74 Å². The fraction of sp³-hybridized carbons (Fsp3) is 0.462. The maximum atomic E-state index is 13.3. The monoisotopic (exact) mass is 474 g/mol. The third kappa shape index (κ3) is 5.60. The molecule has 2 aliphatic rings. The number of anilines is 1. The second kappa shape index (κ2) is 9.78. The number of hydrogen-bond donors (Lipinski definition) is 1. The summed E-state index contributed by atoms with van der Waals surface area (Å²) in [6.07, 6.45) is -2.20. The summed E-state index contributed by atoms with van der Waals surface area (Å²) in [7, 11) is 0. The predicted octanol–water partition coefficient (Wildman–Crippen LogP) is 5.07. The SMILES string of the molecule is Cc1cccc(NC(=O)CN(CC2CCCO2)C(=O)C2CC2c2ccc(C(F)(F)F)cc2)c1C. The van der Waals surface area contributed by atoms with Crippen LogP contribution in [0.1, 0.15) is 47.4 Å². The summed E-state index contributed by atoms with van der Waals surface area (Å²) in [5.41, 5.74) is 2.74. The number of amides is 2. The second-order valence-corrected chi connectivity index (χ2v) is 9.22. The lowest BCUT2D eigenvalue weighted by Crippen LogP contribution is -2.43. The van der Waals surface area contributed by atoms with Crippen molar-refractivity contribution in [2.24, 2.45) is 5.92 Å². The highest BCUT2D eigenvalue weighted by atomic mass is 19.4. The number of hydrogen-bond acceptors (Lipinski definition) is 3. The molecule has 3 unspecified atom stereocenters. The van der Waals surface area contributed by atoms with Crippen molar-refractivity contribution in [2.75, 3.05) is 25.0 Å². The lowest BCUT2D eigenvalue weighted by atomic mass is 10.1. The Kier molecular flexibility index (Phi) is 6.98. The summed E-state index contributed by atoms with van der Waals surface area (Å²) < 4.78 is 44.3. The molecule has 5 nitrogen and oxygen atoms in total. The molecule has 3 atom stereocenters. The molecule has 0 bridgehead atoms. The van der Waals surface area contributed by atoms with Gasteiger partial charge in [-0.2, -0.15) is 13.2 Å². The molecule has 0 radical (unpaired) electrons. The van der Waals surface area contributed by atoms with Gasteiger partial charge in [0.2, 0.25) is 11.8 Å². The van der Waals surface area contributed by atoms with E-state index in [1.807, 2.05) is 32.0 Å². The van der Waals surface area contributed by atoms with Gasteiger partial charge in [-0.1, -0.05) is 24.3 Å². The van der Waals surface area contributed by atoms with Crippen LogP contribution in [0.4, 0.5) is 18.9 Å². The molecule has 0 aromatic heterocycles. The highest BCUT2D eigenvalue weighted by Crippen LogP contribution is 2.49. The molecule has 2 aromatic rings. The van der Waals surface area contributed by atoms with E-state index in [2.05, 4.69) is 5.32 Å². The summed E-state index contributed by atoms with van der Waals surface area (Å²) in [4.78, 5) is 27.7. The highest BCUT2D eigenvalue weighted by molar-refractivity contribution is 5.96.